The lowest BCUT2D eigenvalue weighted by molar-refractivity contribution is 0.735. The minimum absolute atomic E-state index is 0.600. The van der Waals surface area contributed by atoms with Crippen LogP contribution in [0.25, 0.3) is 11.1 Å². The summed E-state index contributed by atoms with van der Waals surface area (Å²) in [5.74, 6) is 0. The number of hydrogen-bond acceptors (Lipinski definition) is 4. The molecule has 0 aliphatic rings. The van der Waals surface area contributed by atoms with Crippen LogP contribution in [0.2, 0.25) is 10.0 Å². The van der Waals surface area contributed by atoms with Crippen molar-refractivity contribution in [2.24, 2.45) is 0 Å². The molecule has 0 aliphatic carbocycles. The number of benzene rings is 4. The lowest BCUT2D eigenvalue weighted by Gasteiger charge is -2.12. The molecule has 0 bridgehead atoms. The van der Waals surface area contributed by atoms with Crippen molar-refractivity contribution in [3.8, 4) is 11.1 Å². The van der Waals surface area contributed by atoms with E-state index in [1.807, 2.05) is 24.3 Å². The average molecular weight is 480 g/mol. The summed E-state index contributed by atoms with van der Waals surface area (Å²) in [5.41, 5.74) is 5.41. The highest BCUT2D eigenvalue weighted by atomic mass is 35.5. The van der Waals surface area contributed by atoms with E-state index >= 15 is 0 Å². The van der Waals surface area contributed by atoms with Crippen LogP contribution < -0.4 is 15.4 Å². The summed E-state index contributed by atoms with van der Waals surface area (Å²) in [7, 11) is 0. The van der Waals surface area contributed by atoms with E-state index < -0.39 is 0 Å². The van der Waals surface area contributed by atoms with Crippen molar-refractivity contribution in [2.45, 2.75) is 11.4 Å². The smallest absolute Gasteiger partial charge is 0.0655 e. The van der Waals surface area contributed by atoms with Crippen LogP contribution in [0.3, 0.4) is 0 Å². The van der Waals surface area contributed by atoms with E-state index in [0.717, 1.165) is 16.9 Å². The van der Waals surface area contributed by atoms with Gasteiger partial charge in [-0.25, -0.2) is 0 Å². The minimum atomic E-state index is 0.600. The Morgan fingerprint density at radius 3 is 2.06 bits per heavy atom. The molecule has 6 heteroatoms. The first-order valence-corrected chi connectivity index (χ1v) is 11.8. The van der Waals surface area contributed by atoms with E-state index in [0.29, 0.717) is 23.3 Å². The Bertz CT molecular complexity index is 1130. The van der Waals surface area contributed by atoms with Crippen LogP contribution in [0.1, 0.15) is 5.56 Å². The maximum absolute atomic E-state index is 6.21. The summed E-state index contributed by atoms with van der Waals surface area (Å²) in [6.07, 6.45) is 0. The molecule has 0 saturated heterocycles. The fourth-order valence-electron chi connectivity index (χ4n) is 3.24. The standard InChI is InChI=1S/C26H23Cl2N3S/c27-24-10-6-11-25(28)23(24)17-29-18-30-20-13-15-21(16-14-20)31-32-26-12-5-4-9-22(26)19-7-2-1-3-8-19/h1-16,29-31H,17-18H2. The Morgan fingerprint density at radius 1 is 0.656 bits per heavy atom. The molecule has 0 fully saturated rings. The second-order valence-corrected chi connectivity index (χ2v) is 8.79. The Morgan fingerprint density at radius 2 is 1.31 bits per heavy atom. The van der Waals surface area contributed by atoms with Gasteiger partial charge in [-0.3, -0.25) is 5.32 Å². The number of anilines is 2. The molecule has 4 aromatic carbocycles. The summed E-state index contributed by atoms with van der Waals surface area (Å²) >= 11 is 14.0. The Kier molecular flexibility index (Phi) is 7.97. The second-order valence-electron chi connectivity index (χ2n) is 7.12. The van der Waals surface area contributed by atoms with Crippen LogP contribution >= 0.6 is 35.1 Å². The quantitative estimate of drug-likeness (QED) is 0.129. The van der Waals surface area contributed by atoms with Crippen molar-refractivity contribution in [1.82, 2.24) is 5.32 Å². The number of halogens is 2. The molecule has 3 nitrogen and oxygen atoms in total. The monoisotopic (exact) mass is 479 g/mol. The first-order valence-electron chi connectivity index (χ1n) is 10.3. The van der Waals surface area contributed by atoms with Crippen LogP contribution in [0.4, 0.5) is 11.4 Å². The largest absolute Gasteiger partial charge is 0.372 e. The summed E-state index contributed by atoms with van der Waals surface area (Å²) in [6, 6.07) is 32.6. The first-order chi connectivity index (χ1) is 15.7. The Hall–Kier alpha value is -2.63. The number of nitrogens with one attached hydrogen (secondary N) is 3. The van der Waals surface area contributed by atoms with Crippen molar-refractivity contribution in [3.63, 3.8) is 0 Å². The first kappa shape index (κ1) is 22.6. The second kappa shape index (κ2) is 11.3. The predicted molar refractivity (Wildman–Crippen MR) is 140 cm³/mol. The van der Waals surface area contributed by atoms with E-state index in [9.17, 15) is 0 Å². The van der Waals surface area contributed by atoms with Crippen LogP contribution in [0.15, 0.2) is 102 Å². The average Bonchev–Trinajstić information content (AvgIpc) is 2.83. The SMILES string of the molecule is Clc1cccc(Cl)c1CNCNc1ccc(NSc2ccccc2-c2ccccc2)cc1. The maximum atomic E-state index is 6.21. The fourth-order valence-corrected chi connectivity index (χ4v) is 4.57. The molecule has 0 saturated carbocycles. The van der Waals surface area contributed by atoms with E-state index in [-0.39, 0.29) is 0 Å². The van der Waals surface area contributed by atoms with E-state index in [4.69, 9.17) is 23.2 Å². The molecule has 0 spiro atoms. The highest BCUT2D eigenvalue weighted by Crippen LogP contribution is 2.32. The normalized spacial score (nSPS) is 10.7. The molecule has 4 rings (SSSR count). The topological polar surface area (TPSA) is 36.1 Å². The highest BCUT2D eigenvalue weighted by Gasteiger charge is 2.06. The molecule has 4 aromatic rings. The molecule has 0 aromatic heterocycles. The van der Waals surface area contributed by atoms with Gasteiger partial charge in [-0.2, -0.15) is 0 Å². The van der Waals surface area contributed by atoms with Gasteiger partial charge < -0.3 is 10.0 Å². The third kappa shape index (κ3) is 5.99. The van der Waals surface area contributed by atoms with E-state index in [2.05, 4.69) is 88.2 Å². The zero-order chi connectivity index (χ0) is 22.2. The van der Waals surface area contributed by atoms with Gasteiger partial charge in [0.25, 0.3) is 0 Å². The zero-order valence-electron chi connectivity index (χ0n) is 17.3. The highest BCUT2D eigenvalue weighted by molar-refractivity contribution is 8.00. The third-order valence-electron chi connectivity index (χ3n) is 4.92. The molecule has 0 radical (unpaired) electrons. The van der Waals surface area contributed by atoms with Crippen molar-refractivity contribution in [1.29, 1.82) is 0 Å². The van der Waals surface area contributed by atoms with Crippen molar-refractivity contribution < 1.29 is 0 Å². The van der Waals surface area contributed by atoms with E-state index in [1.165, 1.54) is 16.0 Å². The van der Waals surface area contributed by atoms with Gasteiger partial charge in [0, 0.05) is 38.4 Å². The molecular weight excluding hydrogens is 457 g/mol. The predicted octanol–water partition coefficient (Wildman–Crippen LogP) is 7.94. The van der Waals surface area contributed by atoms with Gasteiger partial charge in [0.1, 0.15) is 0 Å². The van der Waals surface area contributed by atoms with Gasteiger partial charge in [-0.15, -0.1) is 0 Å². The molecular formula is C26H23Cl2N3S. The molecule has 0 atom stereocenters. The summed E-state index contributed by atoms with van der Waals surface area (Å²) in [6.45, 7) is 1.20. The zero-order valence-corrected chi connectivity index (χ0v) is 19.6. The van der Waals surface area contributed by atoms with Crippen LogP contribution in [-0.4, -0.2) is 6.67 Å². The van der Waals surface area contributed by atoms with Crippen molar-refractivity contribution >= 4 is 46.5 Å². The summed E-state index contributed by atoms with van der Waals surface area (Å²) < 4.78 is 3.44. The molecule has 0 unspecified atom stereocenters. The molecule has 3 N–H and O–H groups in total. The molecule has 0 amide bonds. The van der Waals surface area contributed by atoms with Crippen LogP contribution in [0.5, 0.6) is 0 Å². The van der Waals surface area contributed by atoms with Crippen molar-refractivity contribution in [3.05, 3.63) is 113 Å². The Labute approximate surface area is 203 Å². The van der Waals surface area contributed by atoms with Gasteiger partial charge in [0.15, 0.2) is 0 Å². The van der Waals surface area contributed by atoms with Crippen LogP contribution in [-0.2, 0) is 6.54 Å². The lowest BCUT2D eigenvalue weighted by Crippen LogP contribution is -2.21. The van der Waals surface area contributed by atoms with Gasteiger partial charge in [-0.1, -0.05) is 77.8 Å². The summed E-state index contributed by atoms with van der Waals surface area (Å²) in [5, 5.41) is 8.01. The van der Waals surface area contributed by atoms with Gasteiger partial charge in [0.05, 0.1) is 6.67 Å². The minimum Gasteiger partial charge on any atom is -0.372 e. The van der Waals surface area contributed by atoms with Gasteiger partial charge in [-0.05, 0) is 65.5 Å². The lowest BCUT2D eigenvalue weighted by atomic mass is 10.1. The van der Waals surface area contributed by atoms with Crippen LogP contribution in [0, 0.1) is 0 Å². The third-order valence-corrected chi connectivity index (χ3v) is 6.54. The molecule has 0 aliphatic heterocycles. The molecule has 162 valence electrons. The molecule has 0 heterocycles. The maximum Gasteiger partial charge on any atom is 0.0655 e. The van der Waals surface area contributed by atoms with Gasteiger partial charge >= 0.3 is 0 Å². The molecule has 32 heavy (non-hydrogen) atoms. The number of hydrogen-bond donors (Lipinski definition) is 3. The Balaban J connectivity index is 1.29. The van der Waals surface area contributed by atoms with E-state index in [1.54, 1.807) is 11.9 Å². The summed E-state index contributed by atoms with van der Waals surface area (Å²) in [4.78, 5) is 1.18. The fraction of sp³-hybridized carbons (Fsp3) is 0.0769. The van der Waals surface area contributed by atoms with Crippen molar-refractivity contribution in [2.75, 3.05) is 16.7 Å². The van der Waals surface area contributed by atoms with Gasteiger partial charge in [0.2, 0.25) is 0 Å². The number of rotatable bonds is 9.